The van der Waals surface area contributed by atoms with Gasteiger partial charge in [-0.1, -0.05) is 66.7 Å². The lowest BCUT2D eigenvalue weighted by Crippen LogP contribution is -2.51. The highest BCUT2D eigenvalue weighted by Gasteiger charge is 2.53. The molecule has 2 saturated heterocycles. The highest BCUT2D eigenvalue weighted by atomic mass is 16.2. The molecule has 6 heteroatoms. The van der Waals surface area contributed by atoms with E-state index in [1.807, 2.05) is 59.5 Å². The Balaban J connectivity index is 1.35. The summed E-state index contributed by atoms with van der Waals surface area (Å²) in [5.74, 6) is -0.624. The number of carbonyl (C=O) groups is 3. The predicted molar refractivity (Wildman–Crippen MR) is 145 cm³/mol. The monoisotopic (exact) mass is 495 g/mol. The first-order valence-electron chi connectivity index (χ1n) is 12.9. The smallest absolute Gasteiger partial charge is 0.240 e. The van der Waals surface area contributed by atoms with Gasteiger partial charge in [0.15, 0.2) is 0 Å². The Morgan fingerprint density at radius 3 is 2.11 bits per heavy atom. The van der Waals surface area contributed by atoms with E-state index in [0.717, 1.165) is 29.8 Å². The maximum Gasteiger partial charge on any atom is 0.240 e. The number of likely N-dealkylation sites (N-methyl/N-ethyl adjacent to an activating group) is 1. The second kappa shape index (κ2) is 9.85. The topological polar surface area (TPSA) is 60.9 Å². The fourth-order valence-corrected chi connectivity index (χ4v) is 5.59. The van der Waals surface area contributed by atoms with Crippen molar-refractivity contribution in [1.29, 1.82) is 0 Å². The Bertz CT molecular complexity index is 1330. The molecule has 2 heterocycles. The summed E-state index contributed by atoms with van der Waals surface area (Å²) in [6.07, 6.45) is 0.0112. The van der Waals surface area contributed by atoms with Gasteiger partial charge in [0.05, 0.1) is 5.41 Å². The first-order chi connectivity index (χ1) is 17.8. The summed E-state index contributed by atoms with van der Waals surface area (Å²) >= 11 is 0. The molecule has 2 aliphatic rings. The number of likely N-dealkylation sites (tertiary alicyclic amines) is 1. The largest absolute Gasteiger partial charge is 0.368 e. The molecule has 2 aliphatic heterocycles. The second-order valence-corrected chi connectivity index (χ2v) is 10.3. The molecule has 3 aromatic carbocycles. The van der Waals surface area contributed by atoms with Crippen LogP contribution in [0, 0.1) is 13.8 Å². The Hall–Kier alpha value is -3.93. The van der Waals surface area contributed by atoms with Crippen molar-refractivity contribution in [1.82, 2.24) is 9.80 Å². The van der Waals surface area contributed by atoms with Gasteiger partial charge in [-0.05, 0) is 47.7 Å². The van der Waals surface area contributed by atoms with Gasteiger partial charge in [0.25, 0.3) is 0 Å². The van der Waals surface area contributed by atoms with Crippen LogP contribution in [0.5, 0.6) is 0 Å². The molecule has 2 fully saturated rings. The molecule has 6 nitrogen and oxygen atoms in total. The van der Waals surface area contributed by atoms with E-state index in [1.165, 1.54) is 28.8 Å². The van der Waals surface area contributed by atoms with Gasteiger partial charge in [0, 0.05) is 51.8 Å². The van der Waals surface area contributed by atoms with E-state index in [-0.39, 0.29) is 30.6 Å². The quantitative estimate of drug-likeness (QED) is 0.494. The van der Waals surface area contributed by atoms with Crippen LogP contribution in [-0.4, -0.2) is 60.7 Å². The Kier molecular flexibility index (Phi) is 6.59. The third kappa shape index (κ3) is 4.64. The molecule has 0 spiro atoms. The van der Waals surface area contributed by atoms with E-state index >= 15 is 0 Å². The molecule has 0 radical (unpaired) electrons. The summed E-state index contributed by atoms with van der Waals surface area (Å²) in [7, 11) is 1.51. The molecule has 0 saturated carbocycles. The van der Waals surface area contributed by atoms with Crippen molar-refractivity contribution in [3.63, 3.8) is 0 Å². The van der Waals surface area contributed by atoms with Crippen molar-refractivity contribution in [3.05, 3.63) is 89.5 Å². The minimum absolute atomic E-state index is 0.00390. The van der Waals surface area contributed by atoms with Crippen molar-refractivity contribution in [2.75, 3.05) is 38.1 Å². The molecule has 0 aliphatic carbocycles. The molecule has 5 rings (SSSR count). The van der Waals surface area contributed by atoms with Crippen LogP contribution in [0.15, 0.2) is 72.8 Å². The summed E-state index contributed by atoms with van der Waals surface area (Å²) in [5, 5.41) is 0. The number of benzene rings is 3. The number of aryl methyl sites for hydroxylation is 2. The zero-order valence-electron chi connectivity index (χ0n) is 21.7. The molecule has 0 N–H and O–H groups in total. The number of imide groups is 1. The number of hydrogen-bond donors (Lipinski definition) is 0. The van der Waals surface area contributed by atoms with Gasteiger partial charge in [-0.25, -0.2) is 0 Å². The molecule has 1 atom stereocenters. The molecular weight excluding hydrogens is 462 g/mol. The van der Waals surface area contributed by atoms with Crippen LogP contribution in [0.4, 0.5) is 5.69 Å². The average Bonchev–Trinajstić information content (AvgIpc) is 3.14. The molecule has 3 aromatic rings. The van der Waals surface area contributed by atoms with E-state index in [0.29, 0.717) is 13.1 Å². The molecule has 190 valence electrons. The van der Waals surface area contributed by atoms with E-state index in [4.69, 9.17) is 0 Å². The van der Waals surface area contributed by atoms with Crippen LogP contribution >= 0.6 is 0 Å². The van der Waals surface area contributed by atoms with Gasteiger partial charge in [0.1, 0.15) is 0 Å². The van der Waals surface area contributed by atoms with Crippen LogP contribution in [0.25, 0.3) is 11.1 Å². The number of amides is 3. The summed E-state index contributed by atoms with van der Waals surface area (Å²) < 4.78 is 0. The van der Waals surface area contributed by atoms with Crippen molar-refractivity contribution in [2.24, 2.45) is 0 Å². The fraction of sp³-hybridized carbons (Fsp3) is 0.323. The Morgan fingerprint density at radius 2 is 1.49 bits per heavy atom. The second-order valence-electron chi connectivity index (χ2n) is 10.3. The summed E-state index contributed by atoms with van der Waals surface area (Å²) in [6.45, 7) is 6.85. The molecule has 0 bridgehead atoms. The summed E-state index contributed by atoms with van der Waals surface area (Å²) in [5.41, 5.74) is 5.31. The maximum atomic E-state index is 13.6. The highest BCUT2D eigenvalue weighted by Crippen LogP contribution is 2.40. The Labute approximate surface area is 218 Å². The minimum Gasteiger partial charge on any atom is -0.368 e. The van der Waals surface area contributed by atoms with E-state index in [9.17, 15) is 14.4 Å². The lowest BCUT2D eigenvalue weighted by molar-refractivity contribution is -0.141. The van der Waals surface area contributed by atoms with Crippen LogP contribution in [0.2, 0.25) is 0 Å². The van der Waals surface area contributed by atoms with Gasteiger partial charge >= 0.3 is 0 Å². The summed E-state index contributed by atoms with van der Waals surface area (Å²) in [6, 6.07) is 24.2. The van der Waals surface area contributed by atoms with Crippen LogP contribution in [-0.2, 0) is 19.8 Å². The van der Waals surface area contributed by atoms with Gasteiger partial charge in [-0.2, -0.15) is 0 Å². The van der Waals surface area contributed by atoms with Gasteiger partial charge in [0.2, 0.25) is 17.7 Å². The molecule has 0 aromatic heterocycles. The zero-order valence-corrected chi connectivity index (χ0v) is 21.7. The van der Waals surface area contributed by atoms with Crippen molar-refractivity contribution in [2.45, 2.75) is 32.1 Å². The summed E-state index contributed by atoms with van der Waals surface area (Å²) in [4.78, 5) is 45.0. The van der Waals surface area contributed by atoms with E-state index in [1.54, 1.807) is 0 Å². The van der Waals surface area contributed by atoms with Crippen LogP contribution in [0.1, 0.15) is 29.5 Å². The third-order valence-corrected chi connectivity index (χ3v) is 7.88. The van der Waals surface area contributed by atoms with Gasteiger partial charge in [-0.3, -0.25) is 19.3 Å². The van der Waals surface area contributed by atoms with Gasteiger partial charge < -0.3 is 9.80 Å². The van der Waals surface area contributed by atoms with E-state index < -0.39 is 5.41 Å². The van der Waals surface area contributed by atoms with Crippen molar-refractivity contribution >= 4 is 23.4 Å². The number of piperazine rings is 1. The number of nitrogens with zero attached hydrogens (tertiary/aromatic N) is 3. The third-order valence-electron chi connectivity index (χ3n) is 7.88. The number of carbonyl (C=O) groups excluding carboxylic acids is 3. The number of anilines is 1. The Morgan fingerprint density at radius 1 is 0.838 bits per heavy atom. The average molecular weight is 496 g/mol. The standard InChI is InChI=1S/C31H33N3O3/c1-22-9-10-23(2)27(19-22)33-15-17-34(18-16-33)29(36)21-31(20-28(35)32(3)30(31)37)26-13-11-25(12-14-26)24-7-5-4-6-8-24/h4-14,19H,15-18,20-21H2,1-3H3/t31-/m0/s1. The maximum absolute atomic E-state index is 13.6. The van der Waals surface area contributed by atoms with Crippen LogP contribution in [0.3, 0.4) is 0 Å². The number of rotatable bonds is 5. The highest BCUT2D eigenvalue weighted by molar-refractivity contribution is 6.10. The minimum atomic E-state index is -1.16. The number of hydrogen-bond acceptors (Lipinski definition) is 4. The molecule has 3 amide bonds. The lowest BCUT2D eigenvalue weighted by Gasteiger charge is -2.38. The predicted octanol–water partition coefficient (Wildman–Crippen LogP) is 4.34. The van der Waals surface area contributed by atoms with Crippen molar-refractivity contribution < 1.29 is 14.4 Å². The van der Waals surface area contributed by atoms with Gasteiger partial charge in [-0.15, -0.1) is 0 Å². The first kappa shape index (κ1) is 24.8. The molecule has 37 heavy (non-hydrogen) atoms. The van der Waals surface area contributed by atoms with Crippen molar-refractivity contribution in [3.8, 4) is 11.1 Å². The first-order valence-corrected chi connectivity index (χ1v) is 12.9. The van der Waals surface area contributed by atoms with Crippen LogP contribution < -0.4 is 4.90 Å². The fourth-order valence-electron chi connectivity index (χ4n) is 5.59. The lowest BCUT2D eigenvalue weighted by atomic mass is 9.75. The normalized spacial score (nSPS) is 20.0. The zero-order chi connectivity index (χ0) is 26.2. The molecular formula is C31H33N3O3. The van der Waals surface area contributed by atoms with E-state index in [2.05, 4.69) is 36.9 Å². The SMILES string of the molecule is Cc1ccc(C)c(N2CCN(C(=O)C[C@]3(c4ccc(-c5ccccc5)cc4)CC(=O)N(C)C3=O)CC2)c1. The molecule has 0 unspecified atom stereocenters.